The van der Waals surface area contributed by atoms with Crippen molar-refractivity contribution in [1.29, 1.82) is 0 Å². The number of rotatable bonds is 9. The lowest BCUT2D eigenvalue weighted by Gasteiger charge is -2.31. The van der Waals surface area contributed by atoms with Crippen LogP contribution in [0.4, 0.5) is 0 Å². The lowest BCUT2D eigenvalue weighted by atomic mass is 10.0. The molecule has 1 heterocycles. The third kappa shape index (κ3) is 5.65. The Morgan fingerprint density at radius 2 is 2.10 bits per heavy atom. The van der Waals surface area contributed by atoms with Gasteiger partial charge in [0.1, 0.15) is 0 Å². The number of likely N-dealkylation sites (N-methyl/N-ethyl adjacent to an activating group) is 1. The van der Waals surface area contributed by atoms with Gasteiger partial charge in [-0.05, 0) is 44.8 Å². The standard InChI is InChI=1S/C13H30N4O2S/c1-3-8-16(4-2)10-7-15-20(18,19)17-9-5-6-13(11-14)12-17/h13,15H,3-12,14H2,1-2H3. The number of hydrogen-bond acceptors (Lipinski definition) is 4. The quantitative estimate of drug-likeness (QED) is 0.639. The van der Waals surface area contributed by atoms with E-state index in [1.807, 2.05) is 0 Å². The minimum absolute atomic E-state index is 0.299. The average molecular weight is 306 g/mol. The summed E-state index contributed by atoms with van der Waals surface area (Å²) in [6, 6.07) is 0. The van der Waals surface area contributed by atoms with Crippen molar-refractivity contribution in [3.05, 3.63) is 0 Å². The van der Waals surface area contributed by atoms with Gasteiger partial charge < -0.3 is 10.6 Å². The summed E-state index contributed by atoms with van der Waals surface area (Å²) in [4.78, 5) is 2.25. The third-order valence-corrected chi connectivity index (χ3v) is 5.43. The Morgan fingerprint density at radius 3 is 2.70 bits per heavy atom. The van der Waals surface area contributed by atoms with Crippen LogP contribution in [0.5, 0.6) is 0 Å². The Hall–Kier alpha value is -0.210. The van der Waals surface area contributed by atoms with Crippen molar-refractivity contribution in [2.45, 2.75) is 33.1 Å². The predicted molar refractivity (Wildman–Crippen MR) is 82.7 cm³/mol. The Morgan fingerprint density at radius 1 is 1.35 bits per heavy atom. The van der Waals surface area contributed by atoms with Crippen LogP contribution in [0.1, 0.15) is 33.1 Å². The highest BCUT2D eigenvalue weighted by Crippen LogP contribution is 2.17. The highest BCUT2D eigenvalue weighted by atomic mass is 32.2. The van der Waals surface area contributed by atoms with Crippen molar-refractivity contribution in [2.75, 3.05) is 45.8 Å². The van der Waals surface area contributed by atoms with E-state index in [1.165, 1.54) is 0 Å². The summed E-state index contributed by atoms with van der Waals surface area (Å²) < 4.78 is 28.7. The average Bonchev–Trinajstić information content (AvgIpc) is 2.46. The number of piperidine rings is 1. The largest absolute Gasteiger partial charge is 0.330 e. The normalized spacial score (nSPS) is 21.5. The Balaban J connectivity index is 2.40. The van der Waals surface area contributed by atoms with Gasteiger partial charge in [-0.2, -0.15) is 12.7 Å². The van der Waals surface area contributed by atoms with Gasteiger partial charge in [-0.15, -0.1) is 0 Å². The summed E-state index contributed by atoms with van der Waals surface area (Å²) in [6.07, 6.45) is 3.02. The van der Waals surface area contributed by atoms with Crippen LogP contribution in [0.2, 0.25) is 0 Å². The molecule has 1 rings (SSSR count). The number of nitrogens with zero attached hydrogens (tertiary/aromatic N) is 2. The smallest absolute Gasteiger partial charge is 0.279 e. The minimum atomic E-state index is -3.34. The third-order valence-electron chi connectivity index (χ3n) is 3.85. The topological polar surface area (TPSA) is 78.7 Å². The monoisotopic (exact) mass is 306 g/mol. The van der Waals surface area contributed by atoms with Gasteiger partial charge in [0, 0.05) is 26.2 Å². The molecule has 1 fully saturated rings. The van der Waals surface area contributed by atoms with Crippen molar-refractivity contribution in [3.63, 3.8) is 0 Å². The van der Waals surface area contributed by atoms with E-state index < -0.39 is 10.2 Å². The Bertz CT molecular complexity index is 361. The number of nitrogens with two attached hydrogens (primary N) is 1. The van der Waals surface area contributed by atoms with Gasteiger partial charge in [-0.1, -0.05) is 13.8 Å². The molecule has 0 spiro atoms. The molecule has 0 aromatic heterocycles. The highest BCUT2D eigenvalue weighted by molar-refractivity contribution is 7.87. The van der Waals surface area contributed by atoms with Crippen LogP contribution in [-0.2, 0) is 10.2 Å². The number of nitrogens with one attached hydrogen (secondary N) is 1. The molecule has 0 saturated carbocycles. The zero-order chi connectivity index (χ0) is 15.0. The summed E-state index contributed by atoms with van der Waals surface area (Å²) >= 11 is 0. The van der Waals surface area contributed by atoms with Crippen LogP contribution >= 0.6 is 0 Å². The van der Waals surface area contributed by atoms with E-state index in [4.69, 9.17) is 5.73 Å². The Kier molecular flexibility index (Phi) is 7.98. The van der Waals surface area contributed by atoms with Gasteiger partial charge in [-0.3, -0.25) is 0 Å². The van der Waals surface area contributed by atoms with Crippen LogP contribution in [0.3, 0.4) is 0 Å². The molecule has 6 nitrogen and oxygen atoms in total. The van der Waals surface area contributed by atoms with E-state index in [0.29, 0.717) is 32.1 Å². The molecule has 0 bridgehead atoms. The van der Waals surface area contributed by atoms with Crippen LogP contribution in [0.15, 0.2) is 0 Å². The molecule has 7 heteroatoms. The summed E-state index contributed by atoms with van der Waals surface area (Å²) in [5.74, 6) is 0.299. The van der Waals surface area contributed by atoms with Gasteiger partial charge in [0.25, 0.3) is 10.2 Å². The van der Waals surface area contributed by atoms with Crippen LogP contribution < -0.4 is 10.5 Å². The van der Waals surface area contributed by atoms with Crippen LogP contribution in [0, 0.1) is 5.92 Å². The lowest BCUT2D eigenvalue weighted by Crippen LogP contribution is -2.48. The summed E-state index contributed by atoms with van der Waals surface area (Å²) in [5.41, 5.74) is 5.65. The maximum absolute atomic E-state index is 12.2. The molecule has 0 aliphatic carbocycles. The zero-order valence-electron chi connectivity index (χ0n) is 12.8. The molecule has 3 N–H and O–H groups in total. The van der Waals surface area contributed by atoms with E-state index >= 15 is 0 Å². The SMILES string of the molecule is CCCN(CC)CCNS(=O)(=O)N1CCCC(CN)C1. The van der Waals surface area contributed by atoms with Crippen LogP contribution in [-0.4, -0.2) is 63.4 Å². The Labute approximate surface area is 123 Å². The van der Waals surface area contributed by atoms with E-state index in [9.17, 15) is 8.42 Å². The molecule has 120 valence electrons. The summed E-state index contributed by atoms with van der Waals surface area (Å²) in [7, 11) is -3.34. The van der Waals surface area contributed by atoms with Crippen molar-refractivity contribution in [1.82, 2.24) is 13.9 Å². The molecule has 20 heavy (non-hydrogen) atoms. The molecule has 0 amide bonds. The fraction of sp³-hybridized carbons (Fsp3) is 1.00. The zero-order valence-corrected chi connectivity index (χ0v) is 13.7. The molecular weight excluding hydrogens is 276 g/mol. The van der Waals surface area contributed by atoms with E-state index in [2.05, 4.69) is 23.5 Å². The van der Waals surface area contributed by atoms with E-state index in [-0.39, 0.29) is 0 Å². The molecule has 0 aromatic carbocycles. The predicted octanol–water partition coefficient (Wildman–Crippen LogP) is 0.223. The van der Waals surface area contributed by atoms with Crippen molar-refractivity contribution in [3.8, 4) is 0 Å². The second kappa shape index (κ2) is 8.94. The summed E-state index contributed by atoms with van der Waals surface area (Å²) in [6.45, 7) is 9.15. The van der Waals surface area contributed by atoms with E-state index in [0.717, 1.165) is 38.9 Å². The first-order valence-corrected chi connectivity index (χ1v) is 9.14. The van der Waals surface area contributed by atoms with Gasteiger partial charge >= 0.3 is 0 Å². The van der Waals surface area contributed by atoms with Crippen molar-refractivity contribution in [2.24, 2.45) is 11.7 Å². The molecule has 1 atom stereocenters. The molecule has 1 aliphatic heterocycles. The van der Waals surface area contributed by atoms with Crippen molar-refractivity contribution >= 4 is 10.2 Å². The first kappa shape index (κ1) is 17.8. The van der Waals surface area contributed by atoms with E-state index in [1.54, 1.807) is 4.31 Å². The molecule has 1 aliphatic rings. The number of hydrogen-bond donors (Lipinski definition) is 2. The fourth-order valence-corrected chi connectivity index (χ4v) is 3.91. The van der Waals surface area contributed by atoms with Crippen LogP contribution in [0.25, 0.3) is 0 Å². The molecule has 0 radical (unpaired) electrons. The first-order valence-electron chi connectivity index (χ1n) is 7.70. The maximum Gasteiger partial charge on any atom is 0.279 e. The van der Waals surface area contributed by atoms with Gasteiger partial charge in [0.2, 0.25) is 0 Å². The molecule has 1 saturated heterocycles. The minimum Gasteiger partial charge on any atom is -0.330 e. The van der Waals surface area contributed by atoms with Gasteiger partial charge in [-0.25, -0.2) is 4.72 Å². The molecular formula is C13H30N4O2S. The molecule has 0 aromatic rings. The van der Waals surface area contributed by atoms with Gasteiger partial charge in [0.15, 0.2) is 0 Å². The van der Waals surface area contributed by atoms with Gasteiger partial charge in [0.05, 0.1) is 0 Å². The van der Waals surface area contributed by atoms with Crippen molar-refractivity contribution < 1.29 is 8.42 Å². The second-order valence-corrected chi connectivity index (χ2v) is 7.19. The molecule has 1 unspecified atom stereocenters. The highest BCUT2D eigenvalue weighted by Gasteiger charge is 2.27. The lowest BCUT2D eigenvalue weighted by molar-refractivity contribution is 0.265. The summed E-state index contributed by atoms with van der Waals surface area (Å²) in [5, 5.41) is 0. The first-order chi connectivity index (χ1) is 9.53. The maximum atomic E-state index is 12.2. The second-order valence-electron chi connectivity index (χ2n) is 5.44. The fourth-order valence-electron chi connectivity index (χ4n) is 2.61.